The Morgan fingerprint density at radius 1 is 1.03 bits per heavy atom. The number of benzodiazepines with no additional fused rings is 1. The summed E-state index contributed by atoms with van der Waals surface area (Å²) < 4.78 is 53.0. The minimum absolute atomic E-state index is 0.0594. The summed E-state index contributed by atoms with van der Waals surface area (Å²) >= 11 is 0.347. The molecule has 1 unspecified atom stereocenters. The fourth-order valence-electron chi connectivity index (χ4n) is 3.31. The molecule has 1 aliphatic heterocycles. The lowest BCUT2D eigenvalue weighted by Gasteiger charge is -2.20. The highest BCUT2D eigenvalue weighted by molar-refractivity contribution is 7.16. The number of carbonyl (C=O) groups is 2. The lowest BCUT2D eigenvalue weighted by Crippen LogP contribution is -2.47. The molecule has 1 aromatic heterocycles. The number of para-hydroxylation sites is 1. The van der Waals surface area contributed by atoms with Crippen LogP contribution in [0.2, 0.25) is 0 Å². The van der Waals surface area contributed by atoms with E-state index in [0.717, 1.165) is 12.1 Å². The molecule has 4 rings (SSSR count). The number of fused-ring (bicyclic) bond motifs is 1. The molecule has 0 radical (unpaired) electrons. The number of aliphatic imine (C=N–C) groups is 1. The summed E-state index contributed by atoms with van der Waals surface area (Å²) in [4.78, 5) is 30.3. The van der Waals surface area contributed by atoms with E-state index in [0.29, 0.717) is 22.6 Å². The van der Waals surface area contributed by atoms with Gasteiger partial charge in [-0.3, -0.25) is 10.1 Å². The first-order valence-corrected chi connectivity index (χ1v) is 10.4. The Morgan fingerprint density at radius 3 is 2.36 bits per heavy atom. The third kappa shape index (κ3) is 4.58. The number of anilines is 2. The van der Waals surface area contributed by atoms with Gasteiger partial charge in [0.2, 0.25) is 6.17 Å². The quantitative estimate of drug-likeness (QED) is 0.530. The number of halogens is 4. The van der Waals surface area contributed by atoms with Crippen LogP contribution < -0.4 is 15.5 Å². The number of carbonyl (C=O) groups excluding carboxylic acids is 2. The summed E-state index contributed by atoms with van der Waals surface area (Å²) in [5.74, 6) is -1.17. The first-order valence-electron chi connectivity index (χ1n) is 9.59. The summed E-state index contributed by atoms with van der Waals surface area (Å²) in [6.07, 6.45) is -5.98. The Labute approximate surface area is 189 Å². The summed E-state index contributed by atoms with van der Waals surface area (Å²) in [5, 5.41) is 4.58. The fraction of sp³-hybridized carbons (Fsp3) is 0.136. The predicted octanol–water partition coefficient (Wildman–Crippen LogP) is 4.87. The molecule has 33 heavy (non-hydrogen) atoms. The van der Waals surface area contributed by atoms with Gasteiger partial charge in [0.25, 0.3) is 5.91 Å². The van der Waals surface area contributed by atoms with Crippen LogP contribution in [0.25, 0.3) is 0 Å². The third-order valence-electron chi connectivity index (χ3n) is 4.86. The zero-order valence-corrected chi connectivity index (χ0v) is 17.8. The Kier molecular flexibility index (Phi) is 5.90. The van der Waals surface area contributed by atoms with E-state index in [4.69, 9.17) is 0 Å². The lowest BCUT2D eigenvalue weighted by molar-refractivity contribution is -0.134. The molecule has 0 fully saturated rings. The van der Waals surface area contributed by atoms with Gasteiger partial charge in [0.05, 0.1) is 16.4 Å². The molecule has 0 saturated heterocycles. The average molecular weight is 476 g/mol. The Balaban J connectivity index is 1.67. The van der Waals surface area contributed by atoms with E-state index >= 15 is 0 Å². The summed E-state index contributed by atoms with van der Waals surface area (Å²) in [5.41, 5.74) is 1.23. The molecular formula is C22H16F4N4O2S. The number of likely N-dealkylation sites (N-methyl/N-ethyl adjacent to an activating group) is 1. The lowest BCUT2D eigenvalue weighted by atomic mass is 10.00. The topological polar surface area (TPSA) is 73.8 Å². The SMILES string of the molecule is CN1C(=O)C(NC(=O)Nc2ccc(C(F)(F)F)s2)N=C(c2ccccc2F)c2ccccc21. The van der Waals surface area contributed by atoms with Gasteiger partial charge in [-0.15, -0.1) is 11.3 Å². The maximum Gasteiger partial charge on any atom is 0.425 e. The van der Waals surface area contributed by atoms with Crippen LogP contribution in [0.4, 0.5) is 33.0 Å². The summed E-state index contributed by atoms with van der Waals surface area (Å²) in [7, 11) is 1.49. The molecular weight excluding hydrogens is 460 g/mol. The molecule has 0 bridgehead atoms. The number of benzene rings is 2. The van der Waals surface area contributed by atoms with E-state index in [1.165, 1.54) is 30.1 Å². The molecule has 2 N–H and O–H groups in total. The first kappa shape index (κ1) is 22.5. The monoisotopic (exact) mass is 476 g/mol. The van der Waals surface area contributed by atoms with Crippen LogP contribution in [0.5, 0.6) is 0 Å². The van der Waals surface area contributed by atoms with E-state index in [2.05, 4.69) is 15.6 Å². The molecule has 0 aliphatic carbocycles. The number of hydrogen-bond acceptors (Lipinski definition) is 4. The first-order chi connectivity index (χ1) is 15.6. The molecule has 11 heteroatoms. The van der Waals surface area contributed by atoms with Crippen molar-refractivity contribution < 1.29 is 27.2 Å². The van der Waals surface area contributed by atoms with Crippen molar-refractivity contribution in [3.05, 3.63) is 82.5 Å². The van der Waals surface area contributed by atoms with Crippen LogP contribution >= 0.6 is 11.3 Å². The third-order valence-corrected chi connectivity index (χ3v) is 5.91. The number of hydrogen-bond donors (Lipinski definition) is 2. The molecule has 0 saturated carbocycles. The number of amides is 3. The highest BCUT2D eigenvalue weighted by atomic mass is 32.1. The van der Waals surface area contributed by atoms with E-state index in [1.54, 1.807) is 30.3 Å². The number of thiophene rings is 1. The maximum atomic E-state index is 14.6. The van der Waals surface area contributed by atoms with Gasteiger partial charge in [-0.05, 0) is 30.3 Å². The smallest absolute Gasteiger partial charge is 0.311 e. The van der Waals surface area contributed by atoms with Crippen LogP contribution in [0.1, 0.15) is 16.0 Å². The van der Waals surface area contributed by atoms with Gasteiger partial charge in [-0.2, -0.15) is 13.2 Å². The average Bonchev–Trinajstić information content (AvgIpc) is 3.22. The van der Waals surface area contributed by atoms with Crippen LogP contribution in [0.15, 0.2) is 65.7 Å². The van der Waals surface area contributed by atoms with E-state index in [1.807, 2.05) is 0 Å². The predicted molar refractivity (Wildman–Crippen MR) is 117 cm³/mol. The van der Waals surface area contributed by atoms with Crippen molar-refractivity contribution in [2.45, 2.75) is 12.3 Å². The fourth-order valence-corrected chi connectivity index (χ4v) is 4.08. The normalized spacial score (nSPS) is 16.0. The highest BCUT2D eigenvalue weighted by Crippen LogP contribution is 2.36. The molecule has 0 spiro atoms. The molecule has 170 valence electrons. The second-order valence-corrected chi connectivity index (χ2v) is 8.12. The van der Waals surface area contributed by atoms with Crippen LogP contribution in [-0.4, -0.2) is 30.9 Å². The Hall–Kier alpha value is -3.73. The van der Waals surface area contributed by atoms with Gasteiger partial charge in [0.15, 0.2) is 0 Å². The van der Waals surface area contributed by atoms with Crippen molar-refractivity contribution in [1.82, 2.24) is 5.32 Å². The molecule has 1 aliphatic rings. The summed E-state index contributed by atoms with van der Waals surface area (Å²) in [6.45, 7) is 0. The zero-order chi connectivity index (χ0) is 23.8. The maximum absolute atomic E-state index is 14.6. The molecule has 3 amide bonds. The molecule has 3 aromatic rings. The largest absolute Gasteiger partial charge is 0.425 e. The Bertz CT molecular complexity index is 1250. The molecule has 2 heterocycles. The van der Waals surface area contributed by atoms with Crippen molar-refractivity contribution in [3.8, 4) is 0 Å². The summed E-state index contributed by atoms with van der Waals surface area (Å²) in [6, 6.07) is 13.7. The highest BCUT2D eigenvalue weighted by Gasteiger charge is 2.34. The van der Waals surface area contributed by atoms with Crippen LogP contribution in [0.3, 0.4) is 0 Å². The number of nitrogens with zero attached hydrogens (tertiary/aromatic N) is 2. The second kappa shape index (κ2) is 8.66. The number of rotatable bonds is 3. The van der Waals surface area contributed by atoms with Crippen molar-refractivity contribution >= 4 is 39.7 Å². The molecule has 1 atom stereocenters. The number of urea groups is 1. The minimum atomic E-state index is -4.54. The van der Waals surface area contributed by atoms with Gasteiger partial charge in [-0.25, -0.2) is 14.2 Å². The minimum Gasteiger partial charge on any atom is -0.311 e. The Morgan fingerprint density at radius 2 is 1.70 bits per heavy atom. The van der Waals surface area contributed by atoms with Gasteiger partial charge >= 0.3 is 12.2 Å². The van der Waals surface area contributed by atoms with Crippen LogP contribution in [-0.2, 0) is 11.0 Å². The standard InChI is InChI=1S/C22H16F4N4O2S/c1-30-15-9-5-3-7-13(15)18(12-6-2-4-8-14(12)23)28-19(20(30)31)29-21(32)27-17-11-10-16(33-17)22(24,25)26/h2-11,19H,1H3,(H2,27,29,32). The van der Waals surface area contributed by atoms with Gasteiger partial charge < -0.3 is 10.2 Å². The second-order valence-electron chi connectivity index (χ2n) is 7.03. The van der Waals surface area contributed by atoms with Crippen molar-refractivity contribution in [2.75, 3.05) is 17.3 Å². The van der Waals surface area contributed by atoms with Crippen LogP contribution in [0, 0.1) is 5.82 Å². The van der Waals surface area contributed by atoms with E-state index in [-0.39, 0.29) is 16.3 Å². The van der Waals surface area contributed by atoms with Gasteiger partial charge in [-0.1, -0.05) is 30.3 Å². The van der Waals surface area contributed by atoms with Crippen molar-refractivity contribution in [1.29, 1.82) is 0 Å². The van der Waals surface area contributed by atoms with Crippen molar-refractivity contribution in [3.63, 3.8) is 0 Å². The van der Waals surface area contributed by atoms with E-state index in [9.17, 15) is 27.2 Å². The van der Waals surface area contributed by atoms with E-state index < -0.39 is 35.0 Å². The molecule has 6 nitrogen and oxygen atoms in total. The zero-order valence-electron chi connectivity index (χ0n) is 17.0. The number of nitrogens with one attached hydrogen (secondary N) is 2. The van der Waals surface area contributed by atoms with Crippen molar-refractivity contribution in [2.24, 2.45) is 4.99 Å². The number of alkyl halides is 3. The molecule has 2 aromatic carbocycles. The van der Waals surface area contributed by atoms with Gasteiger partial charge in [0, 0.05) is 18.2 Å². The van der Waals surface area contributed by atoms with Gasteiger partial charge in [0.1, 0.15) is 10.7 Å².